The number of ether oxygens (including phenoxy) is 1. The van der Waals surface area contributed by atoms with Crippen LogP contribution in [-0.4, -0.2) is 17.5 Å². The van der Waals surface area contributed by atoms with E-state index >= 15 is 0 Å². The van der Waals surface area contributed by atoms with Crippen LogP contribution in [0.4, 0.5) is 5.69 Å². The molecule has 1 amide bonds. The topological polar surface area (TPSA) is 51.2 Å². The highest BCUT2D eigenvalue weighted by Gasteiger charge is 2.13. The van der Waals surface area contributed by atoms with Crippen LogP contribution in [0.1, 0.15) is 42.6 Å². The fraction of sp³-hybridized carbons (Fsp3) is 0.333. The molecule has 2 rings (SSSR count). The first-order valence-corrected chi connectivity index (χ1v) is 7.72. The van der Waals surface area contributed by atoms with Crippen molar-refractivity contribution >= 4 is 11.6 Å². The van der Waals surface area contributed by atoms with Crippen LogP contribution >= 0.6 is 0 Å². The molecule has 22 heavy (non-hydrogen) atoms. The van der Waals surface area contributed by atoms with Gasteiger partial charge in [0.1, 0.15) is 5.56 Å². The molecule has 1 N–H and O–H groups in total. The van der Waals surface area contributed by atoms with Crippen molar-refractivity contribution in [2.24, 2.45) is 0 Å². The van der Waals surface area contributed by atoms with E-state index < -0.39 is 0 Å². The Bertz CT molecular complexity index is 609. The van der Waals surface area contributed by atoms with E-state index in [-0.39, 0.29) is 5.91 Å². The van der Waals surface area contributed by atoms with Crippen LogP contribution in [-0.2, 0) is 6.42 Å². The predicted octanol–water partition coefficient (Wildman–Crippen LogP) is 4.08. The van der Waals surface area contributed by atoms with Gasteiger partial charge in [0.15, 0.2) is 0 Å². The summed E-state index contributed by atoms with van der Waals surface area (Å²) in [7, 11) is 0. The molecule has 0 saturated carbocycles. The maximum absolute atomic E-state index is 12.3. The summed E-state index contributed by atoms with van der Waals surface area (Å²) in [4.78, 5) is 16.4. The number of anilines is 1. The van der Waals surface area contributed by atoms with Crippen LogP contribution in [0, 0.1) is 0 Å². The van der Waals surface area contributed by atoms with Crippen molar-refractivity contribution in [1.29, 1.82) is 0 Å². The van der Waals surface area contributed by atoms with Crippen molar-refractivity contribution in [1.82, 2.24) is 4.98 Å². The van der Waals surface area contributed by atoms with Crippen molar-refractivity contribution in [2.75, 3.05) is 11.9 Å². The molecule has 0 saturated heterocycles. The molecule has 1 aromatic heterocycles. The minimum Gasteiger partial charge on any atom is -0.477 e. The largest absolute Gasteiger partial charge is 0.477 e. The van der Waals surface area contributed by atoms with E-state index in [1.807, 2.05) is 19.1 Å². The van der Waals surface area contributed by atoms with Gasteiger partial charge in [-0.15, -0.1) is 0 Å². The zero-order chi connectivity index (χ0) is 15.8. The first-order valence-electron chi connectivity index (χ1n) is 7.72. The van der Waals surface area contributed by atoms with Crippen LogP contribution in [0.2, 0.25) is 0 Å². The van der Waals surface area contributed by atoms with Gasteiger partial charge in [0.25, 0.3) is 5.91 Å². The third-order valence-electron chi connectivity index (χ3n) is 3.33. The van der Waals surface area contributed by atoms with Crippen molar-refractivity contribution in [3.63, 3.8) is 0 Å². The van der Waals surface area contributed by atoms with Gasteiger partial charge in [0.05, 0.1) is 6.61 Å². The summed E-state index contributed by atoms with van der Waals surface area (Å²) in [5.74, 6) is 0.153. The lowest BCUT2D eigenvalue weighted by molar-refractivity contribution is 0.102. The van der Waals surface area contributed by atoms with Gasteiger partial charge in [-0.2, -0.15) is 0 Å². The Morgan fingerprint density at radius 3 is 2.64 bits per heavy atom. The number of nitrogens with zero attached hydrogens (tertiary/aromatic N) is 1. The van der Waals surface area contributed by atoms with Crippen molar-refractivity contribution in [3.8, 4) is 5.88 Å². The van der Waals surface area contributed by atoms with Crippen molar-refractivity contribution < 1.29 is 9.53 Å². The van der Waals surface area contributed by atoms with E-state index in [0.29, 0.717) is 18.1 Å². The lowest BCUT2D eigenvalue weighted by Crippen LogP contribution is -2.14. The molecular formula is C18H22N2O2. The van der Waals surface area contributed by atoms with Crippen LogP contribution < -0.4 is 10.1 Å². The summed E-state index contributed by atoms with van der Waals surface area (Å²) < 4.78 is 5.39. The fourth-order valence-corrected chi connectivity index (χ4v) is 2.15. The molecule has 0 aliphatic heterocycles. The van der Waals surface area contributed by atoms with Gasteiger partial charge in [0, 0.05) is 11.9 Å². The van der Waals surface area contributed by atoms with E-state index in [1.54, 1.807) is 18.3 Å². The monoisotopic (exact) mass is 298 g/mol. The van der Waals surface area contributed by atoms with Gasteiger partial charge in [-0.05, 0) is 49.6 Å². The molecule has 0 aliphatic carbocycles. The number of carbonyl (C=O) groups is 1. The number of hydrogen-bond acceptors (Lipinski definition) is 3. The number of amides is 1. The summed E-state index contributed by atoms with van der Waals surface area (Å²) in [6.45, 7) is 4.52. The molecule has 1 aromatic carbocycles. The quantitative estimate of drug-likeness (QED) is 0.838. The van der Waals surface area contributed by atoms with Crippen LogP contribution in [0.5, 0.6) is 5.88 Å². The number of aryl methyl sites for hydroxylation is 1. The molecule has 0 radical (unpaired) electrons. The standard InChI is InChI=1S/C18H22N2O2/c1-3-5-7-14-9-11-15(12-10-14)20-17(21)16-8-6-13-19-18(16)22-4-2/h6,8-13H,3-5,7H2,1-2H3,(H,20,21). The average Bonchev–Trinajstić information content (AvgIpc) is 2.55. The Kier molecular flexibility index (Phi) is 5.95. The Labute approximate surface area is 131 Å². The molecule has 1 heterocycles. The molecule has 0 aliphatic rings. The van der Waals surface area contributed by atoms with Crippen molar-refractivity contribution in [3.05, 3.63) is 53.7 Å². The highest BCUT2D eigenvalue weighted by atomic mass is 16.5. The Balaban J connectivity index is 2.05. The lowest BCUT2D eigenvalue weighted by atomic mass is 10.1. The second-order valence-corrected chi connectivity index (χ2v) is 5.04. The summed E-state index contributed by atoms with van der Waals surface area (Å²) in [5.41, 5.74) is 2.51. The highest BCUT2D eigenvalue weighted by molar-refractivity contribution is 6.05. The molecule has 4 nitrogen and oxygen atoms in total. The number of aromatic nitrogens is 1. The predicted molar refractivity (Wildman–Crippen MR) is 88.4 cm³/mol. The van der Waals surface area contributed by atoms with Crippen LogP contribution in [0.15, 0.2) is 42.6 Å². The summed E-state index contributed by atoms with van der Waals surface area (Å²) in [5, 5.41) is 2.88. The summed E-state index contributed by atoms with van der Waals surface area (Å²) >= 11 is 0. The smallest absolute Gasteiger partial charge is 0.261 e. The second kappa shape index (κ2) is 8.17. The SMILES string of the molecule is CCCCc1ccc(NC(=O)c2cccnc2OCC)cc1. The summed E-state index contributed by atoms with van der Waals surface area (Å²) in [6.07, 6.45) is 5.05. The molecule has 0 bridgehead atoms. The Hall–Kier alpha value is -2.36. The molecular weight excluding hydrogens is 276 g/mol. The molecule has 0 spiro atoms. The van der Waals surface area contributed by atoms with E-state index in [9.17, 15) is 4.79 Å². The van der Waals surface area contributed by atoms with Gasteiger partial charge in [-0.1, -0.05) is 25.5 Å². The third kappa shape index (κ3) is 4.32. The maximum atomic E-state index is 12.3. The van der Waals surface area contributed by atoms with E-state index in [0.717, 1.165) is 12.1 Å². The molecule has 0 unspecified atom stereocenters. The first-order chi connectivity index (χ1) is 10.7. The van der Waals surface area contributed by atoms with Crippen molar-refractivity contribution in [2.45, 2.75) is 33.1 Å². The van der Waals surface area contributed by atoms with Gasteiger partial charge >= 0.3 is 0 Å². The zero-order valence-corrected chi connectivity index (χ0v) is 13.1. The number of rotatable bonds is 7. The number of hydrogen-bond donors (Lipinski definition) is 1. The van der Waals surface area contributed by atoms with E-state index in [2.05, 4.69) is 29.4 Å². The molecule has 2 aromatic rings. The zero-order valence-electron chi connectivity index (χ0n) is 13.1. The van der Waals surface area contributed by atoms with Gasteiger partial charge in [-0.3, -0.25) is 4.79 Å². The Morgan fingerprint density at radius 1 is 1.18 bits per heavy atom. The number of nitrogens with one attached hydrogen (secondary N) is 1. The third-order valence-corrected chi connectivity index (χ3v) is 3.33. The van der Waals surface area contributed by atoms with Gasteiger partial charge < -0.3 is 10.1 Å². The number of benzene rings is 1. The fourth-order valence-electron chi connectivity index (χ4n) is 2.15. The lowest BCUT2D eigenvalue weighted by Gasteiger charge is -2.10. The second-order valence-electron chi connectivity index (χ2n) is 5.04. The first kappa shape index (κ1) is 16.0. The Morgan fingerprint density at radius 2 is 1.95 bits per heavy atom. The highest BCUT2D eigenvalue weighted by Crippen LogP contribution is 2.17. The number of pyridine rings is 1. The minimum atomic E-state index is -0.210. The van der Waals surface area contributed by atoms with E-state index in [1.165, 1.54) is 18.4 Å². The van der Waals surface area contributed by atoms with Crippen LogP contribution in [0.3, 0.4) is 0 Å². The maximum Gasteiger partial charge on any atom is 0.261 e. The van der Waals surface area contributed by atoms with Gasteiger partial charge in [-0.25, -0.2) is 4.98 Å². The number of carbonyl (C=O) groups excluding carboxylic acids is 1. The minimum absolute atomic E-state index is 0.210. The molecule has 0 fully saturated rings. The number of unbranched alkanes of at least 4 members (excludes halogenated alkanes) is 1. The molecule has 4 heteroatoms. The van der Waals surface area contributed by atoms with Gasteiger partial charge in [0.2, 0.25) is 5.88 Å². The summed E-state index contributed by atoms with van der Waals surface area (Å²) in [6, 6.07) is 11.4. The van der Waals surface area contributed by atoms with E-state index in [4.69, 9.17) is 4.74 Å². The molecule has 0 atom stereocenters. The average molecular weight is 298 g/mol. The molecule has 116 valence electrons. The van der Waals surface area contributed by atoms with Crippen LogP contribution in [0.25, 0.3) is 0 Å². The normalized spacial score (nSPS) is 10.3.